The predicted octanol–water partition coefficient (Wildman–Crippen LogP) is 0.577. The van der Waals surface area contributed by atoms with E-state index in [1.54, 1.807) is 0 Å². The highest BCUT2D eigenvalue weighted by Gasteiger charge is 2.62. The molecule has 1 N–H and O–H groups in total. The molecule has 0 aromatic heterocycles. The summed E-state index contributed by atoms with van der Waals surface area (Å²) >= 11 is 0. The van der Waals surface area contributed by atoms with Crippen LogP contribution in [-0.2, 0) is 9.59 Å². The lowest BCUT2D eigenvalue weighted by Crippen LogP contribution is -2.60. The van der Waals surface area contributed by atoms with Gasteiger partial charge in [0.25, 0.3) is 0 Å². The molecular weight excluding hydrogens is 258 g/mol. The molecule has 0 radical (unpaired) electrons. The van der Waals surface area contributed by atoms with Crippen molar-refractivity contribution in [3.05, 3.63) is 0 Å². The van der Waals surface area contributed by atoms with Gasteiger partial charge in [-0.2, -0.15) is 0 Å². The van der Waals surface area contributed by atoms with Crippen LogP contribution in [0.3, 0.4) is 0 Å². The number of imide groups is 2. The topological polar surface area (TPSA) is 69.7 Å². The number of hydrogen-bond acceptors (Lipinski definition) is 4. The summed E-state index contributed by atoms with van der Waals surface area (Å²) in [6, 6.07) is -0.532. The summed E-state index contributed by atoms with van der Waals surface area (Å²) in [6.45, 7) is 5.69. The van der Waals surface area contributed by atoms with E-state index in [0.717, 1.165) is 32.5 Å². The second kappa shape index (κ2) is 4.84. The number of hydrogen-bond donors (Lipinski definition) is 1. The van der Waals surface area contributed by atoms with Crippen molar-refractivity contribution in [3.63, 3.8) is 0 Å². The van der Waals surface area contributed by atoms with Crippen LogP contribution in [0.15, 0.2) is 0 Å². The summed E-state index contributed by atoms with van der Waals surface area (Å²) in [6.07, 6.45) is 3.17. The summed E-state index contributed by atoms with van der Waals surface area (Å²) in [5.74, 6) is -0.315. The minimum Gasteiger partial charge on any atom is -0.304 e. The van der Waals surface area contributed by atoms with E-state index in [9.17, 15) is 14.4 Å². The lowest BCUT2D eigenvalue weighted by Gasteiger charge is -2.36. The molecule has 3 aliphatic rings. The highest BCUT2D eigenvalue weighted by atomic mass is 16.2. The zero-order valence-electron chi connectivity index (χ0n) is 11.9. The van der Waals surface area contributed by atoms with Crippen LogP contribution in [0, 0.1) is 11.3 Å². The van der Waals surface area contributed by atoms with Crippen LogP contribution in [0.1, 0.15) is 32.6 Å². The quantitative estimate of drug-likeness (QED) is 0.767. The van der Waals surface area contributed by atoms with Gasteiger partial charge in [0.05, 0.1) is 0 Å². The summed E-state index contributed by atoms with van der Waals surface area (Å²) in [4.78, 5) is 39.6. The average molecular weight is 279 g/mol. The molecule has 20 heavy (non-hydrogen) atoms. The van der Waals surface area contributed by atoms with Gasteiger partial charge in [0.15, 0.2) is 0 Å². The molecule has 0 aromatic carbocycles. The normalized spacial score (nSPS) is 27.1. The van der Waals surface area contributed by atoms with Gasteiger partial charge in [-0.3, -0.25) is 19.8 Å². The van der Waals surface area contributed by atoms with Gasteiger partial charge in [0.2, 0.25) is 11.8 Å². The SMILES string of the molecule is CCN1CCC(CN2C(=O)NC(=O)C3(CC3)C2=O)CC1. The fourth-order valence-corrected chi connectivity index (χ4v) is 3.21. The first-order valence-corrected chi connectivity index (χ1v) is 7.46. The van der Waals surface area contributed by atoms with Gasteiger partial charge >= 0.3 is 6.03 Å². The standard InChI is InChI=1S/C14H21N3O3/c1-2-16-7-3-10(4-8-16)9-17-12(19)14(5-6-14)11(18)15-13(17)20/h10H,2-9H2,1H3,(H,15,18,20). The number of nitrogens with one attached hydrogen (secondary N) is 1. The van der Waals surface area contributed by atoms with Gasteiger partial charge < -0.3 is 4.90 Å². The maximum absolute atomic E-state index is 12.4. The molecule has 3 rings (SSSR count). The van der Waals surface area contributed by atoms with E-state index < -0.39 is 17.4 Å². The molecule has 1 aliphatic carbocycles. The van der Waals surface area contributed by atoms with Crippen LogP contribution in [0.4, 0.5) is 4.79 Å². The van der Waals surface area contributed by atoms with Crippen molar-refractivity contribution in [1.29, 1.82) is 0 Å². The third-order valence-electron chi connectivity index (χ3n) is 4.90. The highest BCUT2D eigenvalue weighted by molar-refractivity contribution is 6.20. The number of piperidine rings is 1. The van der Waals surface area contributed by atoms with Gasteiger partial charge in [-0.15, -0.1) is 0 Å². The lowest BCUT2D eigenvalue weighted by atomic mass is 9.94. The van der Waals surface area contributed by atoms with E-state index in [2.05, 4.69) is 17.1 Å². The maximum atomic E-state index is 12.4. The average Bonchev–Trinajstić information content (AvgIpc) is 3.24. The van der Waals surface area contributed by atoms with Crippen LogP contribution in [0.2, 0.25) is 0 Å². The van der Waals surface area contributed by atoms with Crippen molar-refractivity contribution in [2.75, 3.05) is 26.2 Å². The van der Waals surface area contributed by atoms with Crippen LogP contribution in [0.25, 0.3) is 0 Å². The zero-order valence-corrected chi connectivity index (χ0v) is 11.9. The van der Waals surface area contributed by atoms with Crippen molar-refractivity contribution in [2.24, 2.45) is 11.3 Å². The maximum Gasteiger partial charge on any atom is 0.330 e. The van der Waals surface area contributed by atoms with Crippen molar-refractivity contribution in [1.82, 2.24) is 15.1 Å². The third kappa shape index (κ3) is 2.12. The lowest BCUT2D eigenvalue weighted by molar-refractivity contribution is -0.145. The molecule has 0 unspecified atom stereocenters. The molecule has 0 aromatic rings. The number of barbiturate groups is 1. The van der Waals surface area contributed by atoms with Crippen LogP contribution < -0.4 is 5.32 Å². The summed E-state index contributed by atoms with van der Waals surface area (Å²) in [5.41, 5.74) is -0.905. The summed E-state index contributed by atoms with van der Waals surface area (Å²) in [5, 5.41) is 2.34. The second-order valence-corrected chi connectivity index (χ2v) is 6.13. The van der Waals surface area contributed by atoms with Gasteiger partial charge in [-0.25, -0.2) is 4.79 Å². The van der Waals surface area contributed by atoms with Gasteiger partial charge in [-0.05, 0) is 51.2 Å². The summed E-state index contributed by atoms with van der Waals surface area (Å²) < 4.78 is 0. The largest absolute Gasteiger partial charge is 0.330 e. The number of carbonyl (C=O) groups excluding carboxylic acids is 3. The van der Waals surface area contributed by atoms with Crippen molar-refractivity contribution >= 4 is 17.8 Å². The minimum atomic E-state index is -0.905. The molecule has 2 heterocycles. The van der Waals surface area contributed by atoms with E-state index >= 15 is 0 Å². The number of amides is 4. The Kier molecular flexibility index (Phi) is 3.28. The molecule has 4 amide bonds. The molecular formula is C14H21N3O3. The van der Waals surface area contributed by atoms with E-state index in [1.165, 1.54) is 4.90 Å². The van der Waals surface area contributed by atoms with Gasteiger partial charge in [-0.1, -0.05) is 6.92 Å². The smallest absolute Gasteiger partial charge is 0.304 e. The summed E-state index contributed by atoms with van der Waals surface area (Å²) in [7, 11) is 0. The molecule has 2 aliphatic heterocycles. The Labute approximate surface area is 118 Å². The molecule has 6 heteroatoms. The molecule has 0 bridgehead atoms. The Hall–Kier alpha value is -1.43. The molecule has 3 fully saturated rings. The molecule has 1 spiro atoms. The van der Waals surface area contributed by atoms with Crippen molar-refractivity contribution < 1.29 is 14.4 Å². The predicted molar refractivity (Wildman–Crippen MR) is 71.8 cm³/mol. The van der Waals surface area contributed by atoms with Crippen LogP contribution >= 0.6 is 0 Å². The van der Waals surface area contributed by atoms with Crippen LogP contribution in [0.5, 0.6) is 0 Å². The fraction of sp³-hybridized carbons (Fsp3) is 0.786. The second-order valence-electron chi connectivity index (χ2n) is 6.13. The number of nitrogens with zero attached hydrogens (tertiary/aromatic N) is 2. The number of urea groups is 1. The number of rotatable bonds is 3. The Morgan fingerprint density at radius 3 is 2.40 bits per heavy atom. The fourth-order valence-electron chi connectivity index (χ4n) is 3.21. The minimum absolute atomic E-state index is 0.274. The van der Waals surface area contributed by atoms with Crippen molar-refractivity contribution in [3.8, 4) is 0 Å². The van der Waals surface area contributed by atoms with Gasteiger partial charge in [0.1, 0.15) is 5.41 Å². The Bertz CT molecular complexity index is 451. The number of carbonyl (C=O) groups is 3. The van der Waals surface area contributed by atoms with E-state index in [1.807, 2.05) is 0 Å². The first-order valence-electron chi connectivity index (χ1n) is 7.46. The molecule has 110 valence electrons. The highest BCUT2D eigenvalue weighted by Crippen LogP contribution is 2.49. The first-order chi connectivity index (χ1) is 9.56. The molecule has 6 nitrogen and oxygen atoms in total. The van der Waals surface area contributed by atoms with Crippen molar-refractivity contribution in [2.45, 2.75) is 32.6 Å². The monoisotopic (exact) mass is 279 g/mol. The first kappa shape index (κ1) is 13.5. The zero-order chi connectivity index (χ0) is 14.3. The Morgan fingerprint density at radius 1 is 1.20 bits per heavy atom. The Morgan fingerprint density at radius 2 is 1.85 bits per heavy atom. The Balaban J connectivity index is 1.63. The van der Waals surface area contributed by atoms with E-state index in [-0.39, 0.29) is 5.91 Å². The molecule has 2 saturated heterocycles. The van der Waals surface area contributed by atoms with Gasteiger partial charge in [0, 0.05) is 6.54 Å². The van der Waals surface area contributed by atoms with Crippen LogP contribution in [-0.4, -0.2) is 53.8 Å². The van der Waals surface area contributed by atoms with E-state index in [4.69, 9.17) is 0 Å². The van der Waals surface area contributed by atoms with E-state index in [0.29, 0.717) is 25.3 Å². The molecule has 1 saturated carbocycles. The number of likely N-dealkylation sites (tertiary alicyclic amines) is 1. The molecule has 0 atom stereocenters. The third-order valence-corrected chi connectivity index (χ3v) is 4.90.